The number of hydrogen-bond acceptors (Lipinski definition) is 4. The molecule has 2 unspecified atom stereocenters. The van der Waals surface area contributed by atoms with Crippen LogP contribution in [0.25, 0.3) is 0 Å². The molecule has 2 atom stereocenters. The van der Waals surface area contributed by atoms with Crippen LogP contribution >= 0.6 is 0 Å². The Morgan fingerprint density at radius 2 is 2.46 bits per heavy atom. The maximum Gasteiger partial charge on any atom is 0.104 e. The normalized spacial score (nSPS) is 31.6. The van der Waals surface area contributed by atoms with Crippen LogP contribution in [-0.2, 0) is 9.47 Å². The number of aliphatic hydroxyl groups excluding tert-OH is 1. The first-order chi connectivity index (χ1) is 6.18. The maximum absolute atomic E-state index is 9.09. The third-order valence-electron chi connectivity index (χ3n) is 2.29. The Morgan fingerprint density at radius 1 is 1.69 bits per heavy atom. The Hall–Kier alpha value is -0.160. The smallest absolute Gasteiger partial charge is 0.104 e. The van der Waals surface area contributed by atoms with E-state index >= 15 is 0 Å². The maximum atomic E-state index is 9.09. The first-order valence-electron chi connectivity index (χ1n) is 4.78. The quantitative estimate of drug-likeness (QED) is 0.647. The average molecular weight is 189 g/mol. The monoisotopic (exact) mass is 189 g/mol. The summed E-state index contributed by atoms with van der Waals surface area (Å²) in [7, 11) is 0. The molecule has 1 aliphatic rings. The minimum atomic E-state index is -0.439. The molecule has 4 heteroatoms. The summed E-state index contributed by atoms with van der Waals surface area (Å²) in [6.45, 7) is 3.84. The van der Waals surface area contributed by atoms with E-state index in [0.717, 1.165) is 19.4 Å². The van der Waals surface area contributed by atoms with E-state index in [4.69, 9.17) is 20.3 Å². The highest BCUT2D eigenvalue weighted by molar-refractivity contribution is 4.84. The molecule has 13 heavy (non-hydrogen) atoms. The van der Waals surface area contributed by atoms with Crippen molar-refractivity contribution in [2.45, 2.75) is 31.5 Å². The summed E-state index contributed by atoms with van der Waals surface area (Å²) in [5.74, 6) is 0. The van der Waals surface area contributed by atoms with Gasteiger partial charge in [-0.1, -0.05) is 0 Å². The highest BCUT2D eigenvalue weighted by Crippen LogP contribution is 2.22. The lowest BCUT2D eigenvalue weighted by Crippen LogP contribution is -2.48. The van der Waals surface area contributed by atoms with Gasteiger partial charge in [-0.15, -0.1) is 0 Å². The molecule has 0 spiro atoms. The second-order valence-corrected chi connectivity index (χ2v) is 3.70. The molecule has 1 aliphatic heterocycles. The van der Waals surface area contributed by atoms with E-state index in [2.05, 4.69) is 0 Å². The fourth-order valence-electron chi connectivity index (χ4n) is 1.46. The summed E-state index contributed by atoms with van der Waals surface area (Å²) in [5, 5.41) is 9.09. The van der Waals surface area contributed by atoms with Gasteiger partial charge in [-0.05, 0) is 19.8 Å². The molecule has 0 aromatic heterocycles. The number of nitrogens with two attached hydrogens (primary N) is 1. The first-order valence-corrected chi connectivity index (χ1v) is 4.78. The number of aliphatic hydroxyl groups is 1. The second kappa shape index (κ2) is 4.91. The molecule has 1 rings (SSSR count). The molecule has 0 amide bonds. The van der Waals surface area contributed by atoms with Crippen molar-refractivity contribution in [2.24, 2.45) is 5.73 Å². The van der Waals surface area contributed by atoms with Crippen molar-refractivity contribution in [3.8, 4) is 0 Å². The summed E-state index contributed by atoms with van der Waals surface area (Å²) < 4.78 is 10.9. The van der Waals surface area contributed by atoms with Gasteiger partial charge >= 0.3 is 0 Å². The molecule has 78 valence electrons. The molecule has 0 radical (unpaired) electrons. The number of hydrogen-bond donors (Lipinski definition) is 2. The molecule has 0 aliphatic carbocycles. The third-order valence-corrected chi connectivity index (χ3v) is 2.29. The Bertz CT molecular complexity index is 144. The lowest BCUT2D eigenvalue weighted by Gasteiger charge is -2.36. The van der Waals surface area contributed by atoms with Gasteiger partial charge in [-0.3, -0.25) is 0 Å². The second-order valence-electron chi connectivity index (χ2n) is 3.70. The van der Waals surface area contributed by atoms with E-state index < -0.39 is 6.10 Å². The van der Waals surface area contributed by atoms with Crippen molar-refractivity contribution in [1.29, 1.82) is 0 Å². The molecule has 0 saturated carbocycles. The van der Waals surface area contributed by atoms with E-state index in [1.54, 1.807) is 6.92 Å². The lowest BCUT2D eigenvalue weighted by molar-refractivity contribution is -0.137. The fraction of sp³-hybridized carbons (Fsp3) is 1.00. The van der Waals surface area contributed by atoms with Crippen molar-refractivity contribution < 1.29 is 14.6 Å². The molecule has 1 heterocycles. The van der Waals surface area contributed by atoms with Gasteiger partial charge in [0.1, 0.15) is 5.60 Å². The predicted molar refractivity (Wildman–Crippen MR) is 49.5 cm³/mol. The van der Waals surface area contributed by atoms with Crippen molar-refractivity contribution >= 4 is 0 Å². The van der Waals surface area contributed by atoms with E-state index in [-0.39, 0.29) is 5.60 Å². The Labute approximate surface area is 79.0 Å². The van der Waals surface area contributed by atoms with Gasteiger partial charge in [-0.2, -0.15) is 0 Å². The highest BCUT2D eigenvalue weighted by Gasteiger charge is 2.32. The largest absolute Gasteiger partial charge is 0.391 e. The van der Waals surface area contributed by atoms with Crippen molar-refractivity contribution in [2.75, 3.05) is 26.4 Å². The summed E-state index contributed by atoms with van der Waals surface area (Å²) in [4.78, 5) is 0. The molecule has 0 aromatic rings. The molecule has 4 nitrogen and oxygen atoms in total. The van der Waals surface area contributed by atoms with Crippen LogP contribution < -0.4 is 5.73 Å². The van der Waals surface area contributed by atoms with Gasteiger partial charge in [-0.25, -0.2) is 0 Å². The molecular weight excluding hydrogens is 170 g/mol. The van der Waals surface area contributed by atoms with Crippen LogP contribution in [0.2, 0.25) is 0 Å². The van der Waals surface area contributed by atoms with Gasteiger partial charge in [0, 0.05) is 13.2 Å². The SMILES string of the molecule is CC(O)COC1(CN)CCCOC1. The Balaban J connectivity index is 2.38. The van der Waals surface area contributed by atoms with Crippen molar-refractivity contribution in [1.82, 2.24) is 0 Å². The van der Waals surface area contributed by atoms with Crippen molar-refractivity contribution in [3.63, 3.8) is 0 Å². The van der Waals surface area contributed by atoms with Crippen LogP contribution in [0.3, 0.4) is 0 Å². The Kier molecular flexibility index (Phi) is 4.12. The molecule has 3 N–H and O–H groups in total. The van der Waals surface area contributed by atoms with Crippen LogP contribution in [-0.4, -0.2) is 43.2 Å². The zero-order valence-electron chi connectivity index (χ0n) is 8.16. The van der Waals surface area contributed by atoms with Gasteiger partial charge in [0.25, 0.3) is 0 Å². The van der Waals surface area contributed by atoms with Gasteiger partial charge in [0.2, 0.25) is 0 Å². The summed E-state index contributed by atoms with van der Waals surface area (Å²) in [6, 6.07) is 0. The number of ether oxygens (including phenoxy) is 2. The van der Waals surface area contributed by atoms with Gasteiger partial charge in [0.05, 0.1) is 19.3 Å². The van der Waals surface area contributed by atoms with Crippen LogP contribution in [0.4, 0.5) is 0 Å². The lowest BCUT2D eigenvalue weighted by atomic mass is 9.96. The molecule has 0 aromatic carbocycles. The predicted octanol–water partition coefficient (Wildman–Crippen LogP) is -0.108. The summed E-state index contributed by atoms with van der Waals surface area (Å²) in [5.41, 5.74) is 5.29. The average Bonchev–Trinajstić information content (AvgIpc) is 2.16. The minimum absolute atomic E-state index is 0.334. The van der Waals surface area contributed by atoms with E-state index in [0.29, 0.717) is 19.8 Å². The van der Waals surface area contributed by atoms with Crippen LogP contribution in [0.15, 0.2) is 0 Å². The molecule has 1 fully saturated rings. The van der Waals surface area contributed by atoms with Crippen LogP contribution in [0, 0.1) is 0 Å². The zero-order valence-corrected chi connectivity index (χ0v) is 8.16. The molecule has 0 bridgehead atoms. The summed E-state index contributed by atoms with van der Waals surface area (Å²) in [6.07, 6.45) is 1.47. The fourth-order valence-corrected chi connectivity index (χ4v) is 1.46. The van der Waals surface area contributed by atoms with E-state index in [1.165, 1.54) is 0 Å². The van der Waals surface area contributed by atoms with Gasteiger partial charge < -0.3 is 20.3 Å². The standard InChI is InChI=1S/C9H19NO3/c1-8(11)5-13-9(6-10)3-2-4-12-7-9/h8,11H,2-7,10H2,1H3. The first kappa shape index (κ1) is 10.9. The van der Waals surface area contributed by atoms with Crippen LogP contribution in [0.1, 0.15) is 19.8 Å². The minimum Gasteiger partial charge on any atom is -0.391 e. The molecule has 1 saturated heterocycles. The van der Waals surface area contributed by atoms with E-state index in [9.17, 15) is 0 Å². The van der Waals surface area contributed by atoms with Crippen LogP contribution in [0.5, 0.6) is 0 Å². The highest BCUT2D eigenvalue weighted by atomic mass is 16.6. The van der Waals surface area contributed by atoms with E-state index in [1.807, 2.05) is 0 Å². The zero-order chi connectivity index (χ0) is 9.73. The summed E-state index contributed by atoms with van der Waals surface area (Å²) >= 11 is 0. The molecular formula is C9H19NO3. The number of rotatable bonds is 4. The third kappa shape index (κ3) is 3.23. The van der Waals surface area contributed by atoms with Gasteiger partial charge in [0.15, 0.2) is 0 Å². The Morgan fingerprint density at radius 3 is 2.92 bits per heavy atom. The topological polar surface area (TPSA) is 64.7 Å². The van der Waals surface area contributed by atoms with Crippen molar-refractivity contribution in [3.05, 3.63) is 0 Å².